The molecule has 1 aromatic carbocycles. The highest BCUT2D eigenvalue weighted by Gasteiger charge is 2.14. The molecule has 104 valence electrons. The van der Waals surface area contributed by atoms with Crippen molar-refractivity contribution in [2.24, 2.45) is 0 Å². The molecule has 5 heteroatoms. The number of hydrogen-bond acceptors (Lipinski definition) is 2. The third-order valence-electron chi connectivity index (χ3n) is 2.92. The molecule has 0 aliphatic carbocycles. The predicted molar refractivity (Wildman–Crippen MR) is 78.0 cm³/mol. The molecular formula is C15H16ClN2O2+. The minimum absolute atomic E-state index is 0.134. The van der Waals surface area contributed by atoms with Gasteiger partial charge in [-0.25, -0.2) is 0 Å². The molecule has 1 heterocycles. The molecular weight excluding hydrogens is 276 g/mol. The zero-order valence-electron chi connectivity index (χ0n) is 11.4. The van der Waals surface area contributed by atoms with Gasteiger partial charge in [-0.15, -0.1) is 0 Å². The summed E-state index contributed by atoms with van der Waals surface area (Å²) >= 11 is 5.93. The maximum absolute atomic E-state index is 12.1. The molecule has 2 aromatic rings. The summed E-state index contributed by atoms with van der Waals surface area (Å²) in [6, 6.07) is 10.9. The van der Waals surface area contributed by atoms with Crippen molar-refractivity contribution in [3.8, 4) is 5.75 Å². The summed E-state index contributed by atoms with van der Waals surface area (Å²) in [5, 5.41) is 3.35. The van der Waals surface area contributed by atoms with Gasteiger partial charge in [0.1, 0.15) is 5.75 Å². The third-order valence-corrected chi connectivity index (χ3v) is 3.15. The number of carbonyl (C=O) groups is 1. The predicted octanol–water partition coefficient (Wildman–Crippen LogP) is 2.58. The van der Waals surface area contributed by atoms with Gasteiger partial charge in [0, 0.05) is 24.1 Å². The number of carbonyl (C=O) groups excluding carboxylic acids is 1. The fraction of sp³-hybridized carbons (Fsp3) is 0.200. The second-order valence-electron chi connectivity index (χ2n) is 4.36. The minimum atomic E-state index is -0.134. The fourth-order valence-electron chi connectivity index (χ4n) is 1.86. The van der Waals surface area contributed by atoms with E-state index in [4.69, 9.17) is 16.3 Å². The van der Waals surface area contributed by atoms with Crippen molar-refractivity contribution < 1.29 is 14.1 Å². The van der Waals surface area contributed by atoms with Crippen LogP contribution in [0, 0.1) is 6.92 Å². The molecule has 1 aromatic heterocycles. The van der Waals surface area contributed by atoms with Gasteiger partial charge in [0.05, 0.1) is 12.8 Å². The molecule has 0 fully saturated rings. The molecule has 0 radical (unpaired) electrons. The van der Waals surface area contributed by atoms with E-state index in [0.717, 1.165) is 5.69 Å². The molecule has 1 N–H and O–H groups in total. The molecule has 0 spiro atoms. The van der Waals surface area contributed by atoms with Crippen molar-refractivity contribution in [3.63, 3.8) is 0 Å². The maximum atomic E-state index is 12.1. The normalized spacial score (nSPS) is 10.2. The molecule has 0 saturated carbocycles. The van der Waals surface area contributed by atoms with Crippen molar-refractivity contribution in [2.45, 2.75) is 13.5 Å². The van der Waals surface area contributed by atoms with E-state index in [-0.39, 0.29) is 12.5 Å². The van der Waals surface area contributed by atoms with E-state index >= 15 is 0 Å². The topological polar surface area (TPSA) is 42.2 Å². The van der Waals surface area contributed by atoms with E-state index in [1.54, 1.807) is 25.3 Å². The number of anilines is 1. The van der Waals surface area contributed by atoms with Gasteiger partial charge in [0.25, 0.3) is 5.91 Å². The van der Waals surface area contributed by atoms with Gasteiger partial charge in [0.2, 0.25) is 6.54 Å². The van der Waals surface area contributed by atoms with Gasteiger partial charge in [-0.1, -0.05) is 17.7 Å². The van der Waals surface area contributed by atoms with Gasteiger partial charge in [-0.05, 0) is 18.2 Å². The van der Waals surface area contributed by atoms with Gasteiger partial charge in [-0.2, -0.15) is 4.57 Å². The SMILES string of the molecule is COc1ccc(Cl)cc1NC(=O)C[n+]1ccccc1C. The summed E-state index contributed by atoms with van der Waals surface area (Å²) in [6.07, 6.45) is 1.87. The monoisotopic (exact) mass is 291 g/mol. The van der Waals surface area contributed by atoms with Crippen LogP contribution in [-0.4, -0.2) is 13.0 Å². The van der Waals surface area contributed by atoms with Gasteiger partial charge < -0.3 is 10.1 Å². The Morgan fingerprint density at radius 3 is 2.85 bits per heavy atom. The van der Waals surface area contributed by atoms with E-state index in [9.17, 15) is 4.79 Å². The second kappa shape index (κ2) is 6.39. The summed E-state index contributed by atoms with van der Waals surface area (Å²) in [7, 11) is 1.55. The van der Waals surface area contributed by atoms with Crippen molar-refractivity contribution in [1.82, 2.24) is 0 Å². The number of halogens is 1. The van der Waals surface area contributed by atoms with Crippen LogP contribution in [-0.2, 0) is 11.3 Å². The number of nitrogens with zero attached hydrogens (tertiary/aromatic N) is 1. The molecule has 0 unspecified atom stereocenters. The second-order valence-corrected chi connectivity index (χ2v) is 4.80. The first-order valence-corrected chi connectivity index (χ1v) is 6.56. The lowest BCUT2D eigenvalue weighted by atomic mass is 10.3. The smallest absolute Gasteiger partial charge is 0.290 e. The lowest BCUT2D eigenvalue weighted by molar-refractivity contribution is -0.690. The largest absolute Gasteiger partial charge is 0.495 e. The number of hydrogen-bond donors (Lipinski definition) is 1. The highest BCUT2D eigenvalue weighted by Crippen LogP contribution is 2.27. The molecule has 0 aliphatic heterocycles. The highest BCUT2D eigenvalue weighted by molar-refractivity contribution is 6.31. The number of methoxy groups -OCH3 is 1. The first kappa shape index (κ1) is 14.3. The summed E-state index contributed by atoms with van der Waals surface area (Å²) in [6.45, 7) is 2.19. The van der Waals surface area contributed by atoms with Crippen molar-refractivity contribution in [1.29, 1.82) is 0 Å². The van der Waals surface area contributed by atoms with Crippen molar-refractivity contribution in [3.05, 3.63) is 53.3 Å². The number of aromatic nitrogens is 1. The Labute approximate surface area is 123 Å². The van der Waals surface area contributed by atoms with Crippen LogP contribution in [0.5, 0.6) is 5.75 Å². The molecule has 0 atom stereocenters. The van der Waals surface area contributed by atoms with Crippen molar-refractivity contribution >= 4 is 23.2 Å². The number of pyridine rings is 1. The summed E-state index contributed by atoms with van der Waals surface area (Å²) in [5.74, 6) is 0.447. The van der Waals surface area contributed by atoms with Crippen LogP contribution in [0.3, 0.4) is 0 Å². The Balaban J connectivity index is 2.12. The number of rotatable bonds is 4. The molecule has 0 aliphatic rings. The third kappa shape index (κ3) is 3.48. The van der Waals surface area contributed by atoms with E-state index in [1.807, 2.05) is 35.9 Å². The molecule has 0 bridgehead atoms. The maximum Gasteiger partial charge on any atom is 0.290 e. The molecule has 20 heavy (non-hydrogen) atoms. The van der Waals surface area contributed by atoms with Gasteiger partial charge in [0.15, 0.2) is 11.9 Å². The first-order valence-electron chi connectivity index (χ1n) is 6.18. The van der Waals surface area contributed by atoms with Gasteiger partial charge in [-0.3, -0.25) is 4.79 Å². The highest BCUT2D eigenvalue weighted by atomic mass is 35.5. The van der Waals surface area contributed by atoms with Crippen LogP contribution >= 0.6 is 11.6 Å². The number of amides is 1. The number of benzene rings is 1. The van der Waals surface area contributed by atoms with Crippen LogP contribution in [0.25, 0.3) is 0 Å². The molecule has 2 rings (SSSR count). The Kier molecular flexibility index (Phi) is 4.58. The summed E-state index contributed by atoms with van der Waals surface area (Å²) < 4.78 is 7.06. The quantitative estimate of drug-likeness (QED) is 0.880. The summed E-state index contributed by atoms with van der Waals surface area (Å²) in [4.78, 5) is 12.1. The lowest BCUT2D eigenvalue weighted by Gasteiger charge is -2.09. The Hall–Kier alpha value is -2.07. The van der Waals surface area contributed by atoms with Crippen LogP contribution in [0.2, 0.25) is 5.02 Å². The van der Waals surface area contributed by atoms with Crippen LogP contribution in [0.1, 0.15) is 5.69 Å². The van der Waals surface area contributed by atoms with E-state index in [1.165, 1.54) is 0 Å². The van der Waals surface area contributed by atoms with Crippen LogP contribution < -0.4 is 14.6 Å². The average Bonchev–Trinajstić information content (AvgIpc) is 2.41. The van der Waals surface area contributed by atoms with E-state index in [0.29, 0.717) is 16.5 Å². The zero-order valence-corrected chi connectivity index (χ0v) is 12.1. The Bertz CT molecular complexity index is 629. The van der Waals surface area contributed by atoms with Crippen LogP contribution in [0.4, 0.5) is 5.69 Å². The Morgan fingerprint density at radius 1 is 1.35 bits per heavy atom. The number of ether oxygens (including phenoxy) is 1. The number of nitrogens with one attached hydrogen (secondary N) is 1. The summed E-state index contributed by atoms with van der Waals surface area (Å²) in [5.41, 5.74) is 1.58. The molecule has 1 amide bonds. The minimum Gasteiger partial charge on any atom is -0.495 e. The standard InChI is InChI=1S/C15H15ClN2O2/c1-11-5-3-4-8-18(11)10-15(19)17-13-9-12(16)6-7-14(13)20-2/h3-9H,10H2,1-2H3/p+1. The first-order chi connectivity index (χ1) is 9.60. The van der Waals surface area contributed by atoms with E-state index in [2.05, 4.69) is 5.32 Å². The fourth-order valence-corrected chi connectivity index (χ4v) is 2.03. The molecule has 4 nitrogen and oxygen atoms in total. The Morgan fingerprint density at radius 2 is 2.15 bits per heavy atom. The van der Waals surface area contributed by atoms with Gasteiger partial charge >= 0.3 is 0 Å². The molecule has 0 saturated heterocycles. The van der Waals surface area contributed by atoms with E-state index < -0.39 is 0 Å². The number of aryl methyl sites for hydroxylation is 1. The lowest BCUT2D eigenvalue weighted by Crippen LogP contribution is -2.42. The average molecular weight is 292 g/mol. The van der Waals surface area contributed by atoms with Crippen molar-refractivity contribution in [2.75, 3.05) is 12.4 Å². The van der Waals surface area contributed by atoms with Crippen LogP contribution in [0.15, 0.2) is 42.6 Å². The zero-order chi connectivity index (χ0) is 14.5.